The van der Waals surface area contributed by atoms with Gasteiger partial charge >= 0.3 is 5.97 Å². The van der Waals surface area contributed by atoms with Gasteiger partial charge in [-0.25, -0.2) is 18.6 Å². The Balaban J connectivity index is 1.66. The molecule has 0 aliphatic carbocycles. The topological polar surface area (TPSA) is 90.9 Å². The Bertz CT molecular complexity index is 1270. The number of rotatable bonds is 19. The van der Waals surface area contributed by atoms with Crippen molar-refractivity contribution in [2.75, 3.05) is 27.1 Å². The van der Waals surface area contributed by atoms with Crippen LogP contribution in [0.2, 0.25) is 0 Å². The van der Waals surface area contributed by atoms with E-state index < -0.39 is 55.3 Å². The van der Waals surface area contributed by atoms with Gasteiger partial charge in [0, 0.05) is 13.5 Å². The van der Waals surface area contributed by atoms with Gasteiger partial charge in [0.25, 0.3) is 5.92 Å². The van der Waals surface area contributed by atoms with Gasteiger partial charge in [0.1, 0.15) is 18.3 Å². The Morgan fingerprint density at radius 2 is 1.33 bits per heavy atom. The average Bonchev–Trinajstić information content (AvgIpc) is 3.08. The number of benzene rings is 3. The minimum atomic E-state index is -3.57. The molecule has 0 aromatic heterocycles. The molecule has 0 spiro atoms. The third-order valence-corrected chi connectivity index (χ3v) is 7.33. The van der Waals surface area contributed by atoms with Gasteiger partial charge in [-0.1, -0.05) is 91.0 Å². The van der Waals surface area contributed by atoms with Gasteiger partial charge in [-0.15, -0.1) is 0 Å². The molecule has 1 aliphatic heterocycles. The van der Waals surface area contributed by atoms with E-state index in [1.807, 2.05) is 91.0 Å². The van der Waals surface area contributed by atoms with Gasteiger partial charge in [-0.05, 0) is 23.6 Å². The molecular formula is C35H42F2O9. The van der Waals surface area contributed by atoms with Crippen LogP contribution in [0.4, 0.5) is 8.78 Å². The molecule has 0 N–H and O–H groups in total. The lowest BCUT2D eigenvalue weighted by Crippen LogP contribution is -2.65. The summed E-state index contributed by atoms with van der Waals surface area (Å²) in [5, 5.41) is 0. The summed E-state index contributed by atoms with van der Waals surface area (Å²) < 4.78 is 67.0. The quantitative estimate of drug-likeness (QED) is 0.0509. The van der Waals surface area contributed by atoms with Crippen molar-refractivity contribution in [2.45, 2.75) is 76.0 Å². The van der Waals surface area contributed by atoms with Crippen LogP contribution in [0.25, 0.3) is 0 Å². The highest BCUT2D eigenvalue weighted by Gasteiger charge is 2.58. The number of carbonyl (C=O) groups excluding carboxylic acids is 1. The molecule has 250 valence electrons. The van der Waals surface area contributed by atoms with Crippen LogP contribution in [-0.2, 0) is 62.8 Å². The summed E-state index contributed by atoms with van der Waals surface area (Å²) in [4.78, 5) is 22.8. The molecule has 0 amide bonds. The van der Waals surface area contributed by atoms with E-state index in [2.05, 4.69) is 0 Å². The maximum absolute atomic E-state index is 16.1. The maximum atomic E-state index is 16.1. The number of methoxy groups -OCH3 is 1. The average molecular weight is 645 g/mol. The number of hydrogen-bond acceptors (Lipinski definition) is 9. The van der Waals surface area contributed by atoms with E-state index in [0.29, 0.717) is 0 Å². The third-order valence-electron chi connectivity index (χ3n) is 7.33. The van der Waals surface area contributed by atoms with E-state index in [0.717, 1.165) is 16.7 Å². The maximum Gasteiger partial charge on any atom is 0.305 e. The van der Waals surface area contributed by atoms with E-state index in [1.54, 1.807) is 6.92 Å². The van der Waals surface area contributed by atoms with Crippen LogP contribution in [0.3, 0.4) is 0 Å². The molecule has 46 heavy (non-hydrogen) atoms. The van der Waals surface area contributed by atoms with Crippen molar-refractivity contribution in [2.24, 2.45) is 0 Å². The molecule has 9 nitrogen and oxygen atoms in total. The Labute approximate surface area is 268 Å². The number of hydrogen-bond donors (Lipinski definition) is 0. The molecule has 4 rings (SSSR count). The van der Waals surface area contributed by atoms with Gasteiger partial charge in [0.15, 0.2) is 19.0 Å². The highest BCUT2D eigenvalue weighted by molar-refractivity contribution is 5.69. The van der Waals surface area contributed by atoms with Crippen LogP contribution in [0.1, 0.15) is 36.5 Å². The Morgan fingerprint density at radius 3 is 1.87 bits per heavy atom. The summed E-state index contributed by atoms with van der Waals surface area (Å²) in [6, 6.07) is 28.2. The summed E-state index contributed by atoms with van der Waals surface area (Å²) in [6.07, 6.45) is -7.80. The van der Waals surface area contributed by atoms with E-state index in [9.17, 15) is 4.79 Å². The Morgan fingerprint density at radius 1 is 0.783 bits per heavy atom. The zero-order valence-electron chi connectivity index (χ0n) is 26.1. The van der Waals surface area contributed by atoms with Crippen LogP contribution in [0.5, 0.6) is 0 Å². The zero-order chi connectivity index (χ0) is 32.6. The number of alkyl halides is 2. The van der Waals surface area contributed by atoms with Gasteiger partial charge in [0.05, 0.1) is 39.5 Å². The first-order valence-electron chi connectivity index (χ1n) is 15.3. The van der Waals surface area contributed by atoms with Gasteiger partial charge in [-0.2, -0.15) is 0 Å². The van der Waals surface area contributed by atoms with E-state index in [1.165, 1.54) is 7.11 Å². The van der Waals surface area contributed by atoms with Crippen molar-refractivity contribution in [1.29, 1.82) is 0 Å². The highest BCUT2D eigenvalue weighted by Crippen LogP contribution is 2.39. The van der Waals surface area contributed by atoms with Crippen molar-refractivity contribution in [3.05, 3.63) is 108 Å². The number of esters is 1. The molecule has 1 heterocycles. The SMILES string of the molecule is CCOC(=O)CCC(F)(F)[C@H]1O[C@H](COCc2ccccc2)[C@@H](OCc2ccccc2)[C@H](OCc2ccccc2)[C@H]1OOCOC. The van der Waals surface area contributed by atoms with E-state index >= 15 is 8.78 Å². The van der Waals surface area contributed by atoms with Crippen molar-refractivity contribution < 1.29 is 51.8 Å². The van der Waals surface area contributed by atoms with Gasteiger partial charge in [0.2, 0.25) is 0 Å². The van der Waals surface area contributed by atoms with Crippen LogP contribution in [0.15, 0.2) is 91.0 Å². The fourth-order valence-corrected chi connectivity index (χ4v) is 5.08. The molecule has 0 unspecified atom stereocenters. The zero-order valence-corrected chi connectivity index (χ0v) is 26.1. The lowest BCUT2D eigenvalue weighted by Gasteiger charge is -2.47. The summed E-state index contributed by atoms with van der Waals surface area (Å²) in [5.41, 5.74) is 2.58. The van der Waals surface area contributed by atoms with E-state index in [4.69, 9.17) is 38.2 Å². The van der Waals surface area contributed by atoms with Crippen molar-refractivity contribution in [3.8, 4) is 0 Å². The van der Waals surface area contributed by atoms with Gasteiger partial charge in [-0.3, -0.25) is 4.79 Å². The first-order chi connectivity index (χ1) is 22.4. The summed E-state index contributed by atoms with van der Waals surface area (Å²) >= 11 is 0. The molecule has 11 heteroatoms. The minimum absolute atomic E-state index is 0.0690. The molecule has 3 aromatic carbocycles. The van der Waals surface area contributed by atoms with Crippen molar-refractivity contribution in [3.63, 3.8) is 0 Å². The smallest absolute Gasteiger partial charge is 0.305 e. The van der Waals surface area contributed by atoms with Crippen LogP contribution in [0, 0.1) is 0 Å². The Kier molecular flexibility index (Phi) is 14.5. The molecule has 1 aliphatic rings. The van der Waals surface area contributed by atoms with Crippen LogP contribution >= 0.6 is 0 Å². The number of halogens is 2. The van der Waals surface area contributed by atoms with Crippen molar-refractivity contribution in [1.82, 2.24) is 0 Å². The predicted molar refractivity (Wildman–Crippen MR) is 163 cm³/mol. The first kappa shape index (κ1) is 35.6. The third kappa shape index (κ3) is 10.9. The van der Waals surface area contributed by atoms with Crippen LogP contribution < -0.4 is 0 Å². The summed E-state index contributed by atoms with van der Waals surface area (Å²) in [5.74, 6) is -4.31. The Hall–Kier alpha value is -3.29. The molecule has 1 saturated heterocycles. The monoisotopic (exact) mass is 644 g/mol. The lowest BCUT2D eigenvalue weighted by atomic mass is 9.89. The molecule has 0 bridgehead atoms. The highest BCUT2D eigenvalue weighted by atomic mass is 19.3. The number of carbonyl (C=O) groups is 1. The molecular weight excluding hydrogens is 602 g/mol. The van der Waals surface area contributed by atoms with Crippen molar-refractivity contribution >= 4 is 5.97 Å². The molecule has 0 saturated carbocycles. The second kappa shape index (κ2) is 18.8. The predicted octanol–water partition coefficient (Wildman–Crippen LogP) is 6.04. The summed E-state index contributed by atoms with van der Waals surface area (Å²) in [7, 11) is 1.38. The fourth-order valence-electron chi connectivity index (χ4n) is 5.08. The van der Waals surface area contributed by atoms with Crippen LogP contribution in [-0.4, -0.2) is 69.5 Å². The second-order valence-corrected chi connectivity index (χ2v) is 10.8. The molecule has 3 aromatic rings. The molecule has 1 fully saturated rings. The lowest BCUT2D eigenvalue weighted by molar-refractivity contribution is -0.418. The largest absolute Gasteiger partial charge is 0.466 e. The molecule has 5 atom stereocenters. The number of ether oxygens (including phenoxy) is 6. The standard InChI is InChI=1S/C35H42F2O9/c1-3-41-30(38)19-20-35(36,37)34-33(46-44-25-39-2)32(43-23-28-17-11-6-12-18-28)31(42-22-27-15-9-5-10-16-27)29(45-34)24-40-21-26-13-7-4-8-14-26/h4-18,29,31-34H,3,19-25H2,1-2H3/t29-,31-,32+,33-,34+/m1/s1. The van der Waals surface area contributed by atoms with E-state index in [-0.39, 0.29) is 39.8 Å². The molecule has 0 radical (unpaired) electrons. The van der Waals surface area contributed by atoms with Gasteiger partial charge < -0.3 is 28.4 Å². The summed E-state index contributed by atoms with van der Waals surface area (Å²) in [6.45, 7) is 1.71. The fraction of sp³-hybridized carbons (Fsp3) is 0.457. The second-order valence-electron chi connectivity index (χ2n) is 10.8. The minimum Gasteiger partial charge on any atom is -0.466 e. The first-order valence-corrected chi connectivity index (χ1v) is 15.3. The normalized spacial score (nSPS) is 21.6.